The number of benzene rings is 2. The van der Waals surface area contributed by atoms with E-state index in [1.165, 1.54) is 7.05 Å². The molecule has 1 aliphatic heterocycles. The zero-order valence-electron chi connectivity index (χ0n) is 16.9. The first-order valence-corrected chi connectivity index (χ1v) is 10.5. The fourth-order valence-electron chi connectivity index (χ4n) is 3.25. The van der Waals surface area contributed by atoms with Crippen molar-refractivity contribution in [2.45, 2.75) is 18.6 Å². The monoisotopic (exact) mass is 437 g/mol. The van der Waals surface area contributed by atoms with Gasteiger partial charge < -0.3 is 9.73 Å². The minimum atomic E-state index is -0.629. The Hall–Kier alpha value is -3.53. The van der Waals surface area contributed by atoms with Gasteiger partial charge in [-0.05, 0) is 18.4 Å². The molecule has 10 heteroatoms. The van der Waals surface area contributed by atoms with E-state index in [0.29, 0.717) is 5.71 Å². The van der Waals surface area contributed by atoms with Crippen molar-refractivity contribution in [1.82, 2.24) is 15.1 Å². The molecule has 0 saturated carbocycles. The van der Waals surface area contributed by atoms with Crippen LogP contribution in [0.5, 0.6) is 0 Å². The van der Waals surface area contributed by atoms with Gasteiger partial charge in [-0.3, -0.25) is 14.5 Å². The maximum Gasteiger partial charge on any atom is 0.349 e. The Morgan fingerprint density at radius 3 is 2.77 bits per heavy atom. The lowest BCUT2D eigenvalue weighted by Gasteiger charge is -2.24. The third kappa shape index (κ3) is 4.48. The van der Waals surface area contributed by atoms with Crippen molar-refractivity contribution >= 4 is 51.8 Å². The molecule has 158 valence electrons. The quantitative estimate of drug-likeness (QED) is 0.589. The topological polar surface area (TPSA) is 118 Å². The largest absolute Gasteiger partial charge is 0.416 e. The van der Waals surface area contributed by atoms with Gasteiger partial charge in [-0.2, -0.15) is 0 Å². The standard InChI is InChI=1S/C21H19N5O4S/c1-12-15(19(28)26(2)20(29)22-12)10-18-24-25-21(30-18)31-11-17(27)23-16-9-5-7-13-6-3-4-8-14(13)16/h3-9,15H,10-11H2,1-2H3,(H,23,27). The number of thioether (sulfide) groups is 1. The van der Waals surface area contributed by atoms with Crippen molar-refractivity contribution in [2.24, 2.45) is 10.9 Å². The summed E-state index contributed by atoms with van der Waals surface area (Å²) in [4.78, 5) is 41.1. The molecule has 1 unspecified atom stereocenters. The average molecular weight is 437 g/mol. The molecule has 0 saturated heterocycles. The molecule has 9 nitrogen and oxygen atoms in total. The number of carbonyl (C=O) groups excluding carboxylic acids is 3. The van der Waals surface area contributed by atoms with Gasteiger partial charge in [-0.15, -0.1) is 10.2 Å². The molecule has 31 heavy (non-hydrogen) atoms. The summed E-state index contributed by atoms with van der Waals surface area (Å²) < 4.78 is 5.57. The third-order valence-corrected chi connectivity index (χ3v) is 5.73. The van der Waals surface area contributed by atoms with Gasteiger partial charge in [0.1, 0.15) is 0 Å². The Morgan fingerprint density at radius 2 is 1.94 bits per heavy atom. The number of nitrogens with one attached hydrogen (secondary N) is 1. The van der Waals surface area contributed by atoms with Crippen molar-refractivity contribution in [3.63, 3.8) is 0 Å². The number of amides is 4. The first kappa shape index (κ1) is 20.7. The van der Waals surface area contributed by atoms with Gasteiger partial charge >= 0.3 is 6.03 Å². The fourth-order valence-corrected chi connectivity index (χ4v) is 3.83. The van der Waals surface area contributed by atoms with Crippen LogP contribution in [0.4, 0.5) is 10.5 Å². The summed E-state index contributed by atoms with van der Waals surface area (Å²) >= 11 is 1.11. The van der Waals surface area contributed by atoms with E-state index in [4.69, 9.17) is 4.42 Å². The van der Waals surface area contributed by atoms with Gasteiger partial charge in [0.2, 0.25) is 17.7 Å². The van der Waals surface area contributed by atoms with E-state index < -0.39 is 11.9 Å². The van der Waals surface area contributed by atoms with Crippen molar-refractivity contribution in [3.05, 3.63) is 48.4 Å². The number of imide groups is 1. The number of fused-ring (bicyclic) bond motifs is 1. The second-order valence-corrected chi connectivity index (χ2v) is 7.94. The van der Waals surface area contributed by atoms with E-state index >= 15 is 0 Å². The van der Waals surface area contributed by atoms with E-state index in [0.717, 1.165) is 33.1 Å². The maximum atomic E-state index is 12.4. The summed E-state index contributed by atoms with van der Waals surface area (Å²) in [6.45, 7) is 1.62. The number of urea groups is 1. The lowest BCUT2D eigenvalue weighted by Crippen LogP contribution is -2.44. The Kier molecular flexibility index (Phi) is 5.81. The highest BCUT2D eigenvalue weighted by Gasteiger charge is 2.34. The molecule has 0 fully saturated rings. The molecule has 4 amide bonds. The van der Waals surface area contributed by atoms with Gasteiger partial charge in [0, 0.05) is 30.3 Å². The first-order chi connectivity index (χ1) is 14.9. The van der Waals surface area contributed by atoms with Crippen LogP contribution in [0.25, 0.3) is 10.8 Å². The minimum absolute atomic E-state index is 0.0882. The highest BCUT2D eigenvalue weighted by atomic mass is 32.2. The lowest BCUT2D eigenvalue weighted by atomic mass is 9.97. The minimum Gasteiger partial charge on any atom is -0.416 e. The van der Waals surface area contributed by atoms with Crippen LogP contribution in [-0.2, 0) is 16.0 Å². The number of rotatable bonds is 6. The molecule has 0 radical (unpaired) electrons. The van der Waals surface area contributed by atoms with Crippen LogP contribution in [0, 0.1) is 5.92 Å². The van der Waals surface area contributed by atoms with E-state index in [1.807, 2.05) is 42.5 Å². The maximum absolute atomic E-state index is 12.4. The molecule has 1 aliphatic rings. The van der Waals surface area contributed by atoms with Gasteiger partial charge in [-0.25, -0.2) is 9.79 Å². The summed E-state index contributed by atoms with van der Waals surface area (Å²) in [6, 6.07) is 12.9. The summed E-state index contributed by atoms with van der Waals surface area (Å²) in [5.41, 5.74) is 1.15. The normalized spacial score (nSPS) is 16.5. The number of anilines is 1. The molecule has 0 spiro atoms. The van der Waals surface area contributed by atoms with Crippen LogP contribution < -0.4 is 5.32 Å². The van der Waals surface area contributed by atoms with Crippen LogP contribution in [0.2, 0.25) is 0 Å². The molecule has 1 atom stereocenters. The van der Waals surface area contributed by atoms with Gasteiger partial charge in [0.25, 0.3) is 5.22 Å². The fraction of sp³-hybridized carbons (Fsp3) is 0.238. The van der Waals surface area contributed by atoms with Crippen molar-refractivity contribution in [3.8, 4) is 0 Å². The predicted octanol–water partition coefficient (Wildman–Crippen LogP) is 3.17. The van der Waals surface area contributed by atoms with Gasteiger partial charge in [0.05, 0.1) is 11.7 Å². The van der Waals surface area contributed by atoms with Crippen LogP contribution in [0.1, 0.15) is 12.8 Å². The van der Waals surface area contributed by atoms with E-state index in [2.05, 4.69) is 20.5 Å². The molecule has 2 heterocycles. The molecule has 0 bridgehead atoms. The molecule has 2 aromatic carbocycles. The van der Waals surface area contributed by atoms with Crippen LogP contribution in [-0.4, -0.2) is 51.5 Å². The molecule has 1 N–H and O–H groups in total. The summed E-state index contributed by atoms with van der Waals surface area (Å²) in [6.07, 6.45) is 0.140. The molecule has 1 aromatic heterocycles. The van der Waals surface area contributed by atoms with E-state index in [1.54, 1.807) is 6.92 Å². The number of nitrogens with zero attached hydrogens (tertiary/aromatic N) is 4. The summed E-state index contributed by atoms with van der Waals surface area (Å²) in [5.74, 6) is -0.861. The molecule has 4 rings (SSSR count). The molecule has 3 aromatic rings. The summed E-state index contributed by atoms with van der Waals surface area (Å²) in [5, 5.41) is 13.0. The molecular formula is C21H19N5O4S. The number of aliphatic imine (C=N–C) groups is 1. The predicted molar refractivity (Wildman–Crippen MR) is 116 cm³/mol. The van der Waals surface area contributed by atoms with Crippen molar-refractivity contribution in [2.75, 3.05) is 18.1 Å². The van der Waals surface area contributed by atoms with Gasteiger partial charge in [-0.1, -0.05) is 48.2 Å². The Labute approximate surface area is 181 Å². The number of hydrogen-bond donors (Lipinski definition) is 1. The first-order valence-electron chi connectivity index (χ1n) is 9.52. The van der Waals surface area contributed by atoms with Crippen LogP contribution >= 0.6 is 11.8 Å². The second-order valence-electron chi connectivity index (χ2n) is 7.01. The van der Waals surface area contributed by atoms with Crippen LogP contribution in [0.15, 0.2) is 57.1 Å². The smallest absolute Gasteiger partial charge is 0.349 e. The Bertz CT molecular complexity index is 1200. The van der Waals surface area contributed by atoms with Crippen molar-refractivity contribution in [1.29, 1.82) is 0 Å². The average Bonchev–Trinajstić information content (AvgIpc) is 3.22. The Morgan fingerprint density at radius 1 is 1.16 bits per heavy atom. The summed E-state index contributed by atoms with van der Waals surface area (Å²) in [7, 11) is 1.39. The highest BCUT2D eigenvalue weighted by Crippen LogP contribution is 2.24. The van der Waals surface area contributed by atoms with E-state index in [-0.39, 0.29) is 35.1 Å². The van der Waals surface area contributed by atoms with Crippen molar-refractivity contribution < 1.29 is 18.8 Å². The number of hydrogen-bond acceptors (Lipinski definition) is 7. The SMILES string of the molecule is CC1=NC(=O)N(C)C(=O)C1Cc1nnc(SCC(=O)Nc2cccc3ccccc23)o1. The highest BCUT2D eigenvalue weighted by molar-refractivity contribution is 7.99. The van der Waals surface area contributed by atoms with E-state index in [9.17, 15) is 14.4 Å². The number of carbonyl (C=O) groups is 3. The third-order valence-electron chi connectivity index (χ3n) is 4.91. The zero-order chi connectivity index (χ0) is 22.0. The second kappa shape index (κ2) is 8.68. The zero-order valence-corrected chi connectivity index (χ0v) is 17.7. The lowest BCUT2D eigenvalue weighted by molar-refractivity contribution is -0.129. The molecular weight excluding hydrogens is 418 g/mol. The Balaban J connectivity index is 1.36. The molecule has 0 aliphatic carbocycles. The van der Waals surface area contributed by atoms with Gasteiger partial charge in [0.15, 0.2) is 0 Å². The number of aromatic nitrogens is 2. The van der Waals surface area contributed by atoms with Crippen LogP contribution in [0.3, 0.4) is 0 Å².